The highest BCUT2D eigenvalue weighted by atomic mass is 32.1. The highest BCUT2D eigenvalue weighted by molar-refractivity contribution is 7.26. The summed E-state index contributed by atoms with van der Waals surface area (Å²) in [6.07, 6.45) is 0. The Morgan fingerprint density at radius 2 is 0.953 bits per heavy atom. The van der Waals surface area contributed by atoms with Crippen LogP contribution in [-0.2, 0) is 5.41 Å². The number of hydrogen-bond donors (Lipinski definition) is 0. The van der Waals surface area contributed by atoms with Crippen LogP contribution in [0, 0.1) is 0 Å². The molecular weight excluding hydrogens is 793 g/mol. The van der Waals surface area contributed by atoms with Crippen molar-refractivity contribution in [3.8, 4) is 27.9 Å². The Labute approximate surface area is 376 Å². The largest absolute Gasteiger partial charge is 0.309 e. The third-order valence-electron chi connectivity index (χ3n) is 13.5. The van der Waals surface area contributed by atoms with Gasteiger partial charge in [0.2, 0.25) is 0 Å². The Bertz CT molecular complexity index is 3640. The van der Waals surface area contributed by atoms with Crippen LogP contribution in [0.15, 0.2) is 243 Å². The molecule has 1 aliphatic rings. The molecule has 0 saturated heterocycles. The predicted molar refractivity (Wildman–Crippen MR) is 271 cm³/mol. The zero-order valence-electron chi connectivity index (χ0n) is 34.9. The molecule has 0 N–H and O–H groups in total. The Balaban J connectivity index is 1.02. The predicted octanol–water partition coefficient (Wildman–Crippen LogP) is 16.7. The molecule has 0 amide bonds. The zero-order chi connectivity index (χ0) is 42.2. The average Bonchev–Trinajstić information content (AvgIpc) is 4.02. The summed E-state index contributed by atoms with van der Waals surface area (Å²) in [5, 5.41) is 5.10. The number of fused-ring (bicyclic) bond motifs is 9. The van der Waals surface area contributed by atoms with Gasteiger partial charge >= 0.3 is 0 Å². The van der Waals surface area contributed by atoms with Crippen LogP contribution >= 0.6 is 11.3 Å². The lowest BCUT2D eigenvalue weighted by Crippen LogP contribution is -2.28. The molecule has 64 heavy (non-hydrogen) atoms. The summed E-state index contributed by atoms with van der Waals surface area (Å²) < 4.78 is 4.96. The van der Waals surface area contributed by atoms with Crippen LogP contribution in [0.1, 0.15) is 22.3 Å². The second kappa shape index (κ2) is 14.6. The van der Waals surface area contributed by atoms with Gasteiger partial charge in [-0.3, -0.25) is 0 Å². The number of aromatic nitrogens is 1. The van der Waals surface area contributed by atoms with E-state index < -0.39 is 5.41 Å². The molecular formula is C61H40N2S. The number of benzene rings is 10. The lowest BCUT2D eigenvalue weighted by Gasteiger charge is -2.34. The summed E-state index contributed by atoms with van der Waals surface area (Å²) in [5.74, 6) is 0. The summed E-state index contributed by atoms with van der Waals surface area (Å²) in [6, 6.07) is 89.5. The van der Waals surface area contributed by atoms with Crippen molar-refractivity contribution in [2.24, 2.45) is 0 Å². The van der Waals surface area contributed by atoms with E-state index in [2.05, 4.69) is 252 Å². The third-order valence-corrected chi connectivity index (χ3v) is 14.7. The number of anilines is 3. The summed E-state index contributed by atoms with van der Waals surface area (Å²) in [6.45, 7) is 0. The Morgan fingerprint density at radius 1 is 0.391 bits per heavy atom. The first-order valence-corrected chi connectivity index (χ1v) is 22.8. The smallest absolute Gasteiger partial charge is 0.0714 e. The maximum atomic E-state index is 2.53. The fourth-order valence-corrected chi connectivity index (χ4v) is 12.0. The zero-order valence-corrected chi connectivity index (χ0v) is 35.7. The van der Waals surface area contributed by atoms with Crippen molar-refractivity contribution in [2.75, 3.05) is 4.90 Å². The summed E-state index contributed by atoms with van der Waals surface area (Å²) in [7, 11) is 0. The molecule has 0 spiro atoms. The van der Waals surface area contributed by atoms with Crippen LogP contribution in [0.5, 0.6) is 0 Å². The molecule has 2 heterocycles. The Kier molecular flexibility index (Phi) is 8.34. The number of thiophene rings is 1. The van der Waals surface area contributed by atoms with Crippen LogP contribution in [0.4, 0.5) is 17.1 Å². The van der Waals surface area contributed by atoms with E-state index in [1.165, 1.54) is 92.2 Å². The van der Waals surface area contributed by atoms with Crippen molar-refractivity contribution in [2.45, 2.75) is 5.41 Å². The molecule has 0 radical (unpaired) electrons. The summed E-state index contributed by atoms with van der Waals surface area (Å²) in [5.41, 5.74) is 16.5. The second-order valence-corrected chi connectivity index (χ2v) is 17.8. The van der Waals surface area contributed by atoms with Gasteiger partial charge in [-0.05, 0) is 93.5 Å². The van der Waals surface area contributed by atoms with E-state index in [4.69, 9.17) is 0 Å². The molecule has 0 unspecified atom stereocenters. The van der Waals surface area contributed by atoms with Crippen LogP contribution in [0.3, 0.4) is 0 Å². The first-order chi connectivity index (χ1) is 31.8. The van der Waals surface area contributed by atoms with E-state index in [1.807, 2.05) is 11.3 Å². The van der Waals surface area contributed by atoms with Crippen LogP contribution in [0.2, 0.25) is 0 Å². The van der Waals surface area contributed by atoms with E-state index in [1.54, 1.807) is 0 Å². The van der Waals surface area contributed by atoms with Crippen LogP contribution in [-0.4, -0.2) is 4.57 Å². The minimum atomic E-state index is -0.509. The first kappa shape index (κ1) is 36.7. The van der Waals surface area contributed by atoms with Crippen LogP contribution < -0.4 is 4.90 Å². The molecule has 0 aliphatic heterocycles. The van der Waals surface area contributed by atoms with E-state index in [9.17, 15) is 0 Å². The molecule has 0 bridgehead atoms. The normalized spacial score (nSPS) is 12.8. The van der Waals surface area contributed by atoms with Gasteiger partial charge in [-0.25, -0.2) is 0 Å². The molecule has 2 aromatic heterocycles. The van der Waals surface area contributed by atoms with Crippen molar-refractivity contribution < 1.29 is 0 Å². The molecule has 13 rings (SSSR count). The maximum Gasteiger partial charge on any atom is 0.0714 e. The Hall–Kier alpha value is -7.98. The van der Waals surface area contributed by atoms with E-state index in [0.717, 1.165) is 17.1 Å². The van der Waals surface area contributed by atoms with Gasteiger partial charge < -0.3 is 9.47 Å². The topological polar surface area (TPSA) is 8.17 Å². The van der Waals surface area contributed by atoms with Gasteiger partial charge in [-0.15, -0.1) is 11.3 Å². The number of hydrogen-bond acceptors (Lipinski definition) is 2. The lowest BCUT2D eigenvalue weighted by molar-refractivity contribution is 0.768. The number of nitrogens with zero attached hydrogens (tertiary/aromatic N) is 2. The molecule has 0 saturated carbocycles. The number of para-hydroxylation sites is 2. The van der Waals surface area contributed by atoms with Gasteiger partial charge in [0.25, 0.3) is 0 Å². The molecule has 300 valence electrons. The highest BCUT2D eigenvalue weighted by Gasteiger charge is 2.47. The van der Waals surface area contributed by atoms with E-state index >= 15 is 0 Å². The SMILES string of the molecule is c1ccc(C2(c3ccccc3)c3ccccc3-c3c(N(c4ccc(-c5cccc(-n6c7ccccc7c7ccccc76)c5)cc4)c4cccc5c4sc4ccccc45)cccc32)cc1. The van der Waals surface area contributed by atoms with Gasteiger partial charge in [0.1, 0.15) is 0 Å². The van der Waals surface area contributed by atoms with Gasteiger partial charge in [0, 0.05) is 43.2 Å². The van der Waals surface area contributed by atoms with Crippen molar-refractivity contribution in [1.82, 2.24) is 4.57 Å². The van der Waals surface area contributed by atoms with Gasteiger partial charge in [-0.1, -0.05) is 188 Å². The standard InChI is InChI=1S/C61H40N2S/c1-3-19-43(20-4-1)61(44-21-5-2-6-22-44)52-29-11-7-27-51(52)59-53(61)30-17-33-56(59)62(57-34-16-28-50-49-26-10-14-35-58(49)64-60(50)57)45-38-36-41(37-39-45)42-18-15-23-46(40-42)63-54-31-12-8-24-47(54)48-25-9-13-32-55(48)63/h1-40H. The molecule has 0 atom stereocenters. The Morgan fingerprint density at radius 3 is 1.69 bits per heavy atom. The lowest BCUT2D eigenvalue weighted by atomic mass is 9.68. The minimum Gasteiger partial charge on any atom is -0.309 e. The molecule has 2 nitrogen and oxygen atoms in total. The highest BCUT2D eigenvalue weighted by Crippen LogP contribution is 2.60. The molecule has 0 fully saturated rings. The van der Waals surface area contributed by atoms with E-state index in [0.29, 0.717) is 0 Å². The van der Waals surface area contributed by atoms with Crippen molar-refractivity contribution >= 4 is 70.4 Å². The number of rotatable bonds is 7. The van der Waals surface area contributed by atoms with Gasteiger partial charge in [-0.2, -0.15) is 0 Å². The fourth-order valence-electron chi connectivity index (χ4n) is 10.8. The fraction of sp³-hybridized carbons (Fsp3) is 0.0164. The maximum absolute atomic E-state index is 2.53. The molecule has 1 aliphatic carbocycles. The third kappa shape index (κ3) is 5.38. The second-order valence-electron chi connectivity index (χ2n) is 16.8. The van der Waals surface area contributed by atoms with Crippen molar-refractivity contribution in [1.29, 1.82) is 0 Å². The minimum absolute atomic E-state index is 0.509. The summed E-state index contributed by atoms with van der Waals surface area (Å²) in [4.78, 5) is 2.53. The molecule has 10 aromatic carbocycles. The quantitative estimate of drug-likeness (QED) is 0.155. The van der Waals surface area contributed by atoms with E-state index in [-0.39, 0.29) is 0 Å². The van der Waals surface area contributed by atoms with Gasteiger partial charge in [0.05, 0.1) is 32.5 Å². The van der Waals surface area contributed by atoms with Gasteiger partial charge in [0.15, 0.2) is 0 Å². The average molecular weight is 833 g/mol. The van der Waals surface area contributed by atoms with Crippen molar-refractivity contribution in [3.63, 3.8) is 0 Å². The monoisotopic (exact) mass is 832 g/mol. The van der Waals surface area contributed by atoms with Crippen LogP contribution in [0.25, 0.3) is 69.9 Å². The molecule has 12 aromatic rings. The molecule has 3 heteroatoms. The first-order valence-electron chi connectivity index (χ1n) is 22.0. The summed E-state index contributed by atoms with van der Waals surface area (Å²) >= 11 is 1.88. The van der Waals surface area contributed by atoms with Crippen molar-refractivity contribution in [3.05, 3.63) is 265 Å².